The smallest absolute Gasteiger partial charge is 0.268 e. The van der Waals surface area contributed by atoms with E-state index in [9.17, 15) is 9.59 Å². The zero-order valence-electron chi connectivity index (χ0n) is 17.1. The predicted octanol–water partition coefficient (Wildman–Crippen LogP) is 4.83. The highest BCUT2D eigenvalue weighted by atomic mass is 35.5. The van der Waals surface area contributed by atoms with E-state index >= 15 is 0 Å². The fourth-order valence-electron chi connectivity index (χ4n) is 2.85. The van der Waals surface area contributed by atoms with Crippen LogP contribution in [-0.2, 0) is 11.3 Å². The molecule has 158 valence electrons. The highest BCUT2D eigenvalue weighted by Crippen LogP contribution is 2.16. The van der Waals surface area contributed by atoms with E-state index in [2.05, 4.69) is 10.6 Å². The summed E-state index contributed by atoms with van der Waals surface area (Å²) in [6.45, 7) is 2.71. The van der Waals surface area contributed by atoms with Crippen molar-refractivity contribution in [1.29, 1.82) is 0 Å². The van der Waals surface area contributed by atoms with Crippen molar-refractivity contribution >= 4 is 29.5 Å². The van der Waals surface area contributed by atoms with Gasteiger partial charge >= 0.3 is 0 Å². The Morgan fingerprint density at radius 1 is 0.935 bits per heavy atom. The average molecular weight is 435 g/mol. The van der Waals surface area contributed by atoms with Crippen LogP contribution >= 0.6 is 11.6 Å². The molecule has 0 atom stereocenters. The number of benzene rings is 3. The van der Waals surface area contributed by atoms with Crippen molar-refractivity contribution in [1.82, 2.24) is 10.6 Å². The summed E-state index contributed by atoms with van der Waals surface area (Å²) in [5.41, 5.74) is 2.12. The molecular formula is C25H23ClN2O3. The highest BCUT2D eigenvalue weighted by molar-refractivity contribution is 6.31. The van der Waals surface area contributed by atoms with Gasteiger partial charge in [-0.3, -0.25) is 9.59 Å². The van der Waals surface area contributed by atoms with E-state index in [-0.39, 0.29) is 18.1 Å². The van der Waals surface area contributed by atoms with Gasteiger partial charge in [0.15, 0.2) is 0 Å². The van der Waals surface area contributed by atoms with Gasteiger partial charge in [-0.05, 0) is 54.5 Å². The molecule has 2 N–H and O–H groups in total. The first-order valence-electron chi connectivity index (χ1n) is 9.89. The summed E-state index contributed by atoms with van der Waals surface area (Å²) in [5.74, 6) is -0.0542. The van der Waals surface area contributed by atoms with Crippen LogP contribution in [0.5, 0.6) is 5.75 Å². The van der Waals surface area contributed by atoms with Crippen molar-refractivity contribution in [3.05, 3.63) is 106 Å². The molecule has 0 aromatic heterocycles. The topological polar surface area (TPSA) is 67.4 Å². The monoisotopic (exact) mass is 434 g/mol. The van der Waals surface area contributed by atoms with Crippen molar-refractivity contribution in [2.75, 3.05) is 6.61 Å². The van der Waals surface area contributed by atoms with Crippen LogP contribution in [0, 0.1) is 0 Å². The molecule has 3 aromatic carbocycles. The minimum atomic E-state index is -0.418. The fourth-order valence-corrected chi connectivity index (χ4v) is 3.05. The molecule has 3 aromatic rings. The van der Waals surface area contributed by atoms with Crippen molar-refractivity contribution in [2.24, 2.45) is 0 Å². The van der Waals surface area contributed by atoms with E-state index in [1.165, 1.54) is 0 Å². The number of halogens is 1. The third-order valence-electron chi connectivity index (χ3n) is 4.43. The molecule has 3 rings (SSSR count). The van der Waals surface area contributed by atoms with E-state index in [0.29, 0.717) is 17.2 Å². The van der Waals surface area contributed by atoms with Crippen LogP contribution in [-0.4, -0.2) is 18.4 Å². The summed E-state index contributed by atoms with van der Waals surface area (Å²) in [6.07, 6.45) is 1.62. The van der Waals surface area contributed by atoms with Crippen LogP contribution in [0.1, 0.15) is 28.4 Å². The lowest BCUT2D eigenvalue weighted by Crippen LogP contribution is -2.34. The number of rotatable bonds is 8. The Bertz CT molecular complexity index is 1060. The van der Waals surface area contributed by atoms with E-state index in [0.717, 1.165) is 16.9 Å². The predicted molar refractivity (Wildman–Crippen MR) is 123 cm³/mol. The van der Waals surface area contributed by atoms with Crippen LogP contribution in [0.25, 0.3) is 6.08 Å². The van der Waals surface area contributed by atoms with Gasteiger partial charge in [-0.2, -0.15) is 0 Å². The van der Waals surface area contributed by atoms with Crippen LogP contribution in [0.2, 0.25) is 5.02 Å². The lowest BCUT2D eigenvalue weighted by Gasteiger charge is -2.12. The molecule has 0 saturated carbocycles. The van der Waals surface area contributed by atoms with Gasteiger partial charge in [0.2, 0.25) is 0 Å². The molecule has 31 heavy (non-hydrogen) atoms. The zero-order chi connectivity index (χ0) is 22.1. The second kappa shape index (κ2) is 11.0. The molecule has 0 aliphatic heterocycles. The number of hydrogen-bond acceptors (Lipinski definition) is 3. The largest absolute Gasteiger partial charge is 0.494 e. The fraction of sp³-hybridized carbons (Fsp3) is 0.120. The summed E-state index contributed by atoms with van der Waals surface area (Å²) in [6, 6.07) is 23.3. The second-order valence-electron chi connectivity index (χ2n) is 6.65. The summed E-state index contributed by atoms with van der Waals surface area (Å²) in [5, 5.41) is 6.10. The van der Waals surface area contributed by atoms with Crippen molar-refractivity contribution in [3.63, 3.8) is 0 Å². The van der Waals surface area contributed by atoms with Crippen LogP contribution in [0.4, 0.5) is 0 Å². The first kappa shape index (κ1) is 22.1. The van der Waals surface area contributed by atoms with Crippen molar-refractivity contribution < 1.29 is 14.3 Å². The van der Waals surface area contributed by atoms with Crippen molar-refractivity contribution in [3.8, 4) is 5.75 Å². The van der Waals surface area contributed by atoms with Gasteiger partial charge in [-0.25, -0.2) is 0 Å². The lowest BCUT2D eigenvalue weighted by molar-refractivity contribution is -0.117. The van der Waals surface area contributed by atoms with Crippen LogP contribution in [0.15, 0.2) is 84.6 Å². The van der Waals surface area contributed by atoms with E-state index in [1.807, 2.05) is 55.5 Å². The Balaban J connectivity index is 1.81. The molecule has 0 saturated heterocycles. The molecule has 0 heterocycles. The standard InChI is InChI=1S/C25H23ClN2O3/c1-2-31-21-14-12-18(13-15-21)16-23(28-24(29)19-8-4-3-5-9-19)25(30)27-17-20-10-6-7-11-22(20)26/h3-16H,2,17H2,1H3,(H,27,30)(H,28,29)/b23-16+. The zero-order valence-corrected chi connectivity index (χ0v) is 17.9. The van der Waals surface area contributed by atoms with Gasteiger partial charge in [-0.15, -0.1) is 0 Å². The maximum Gasteiger partial charge on any atom is 0.268 e. The average Bonchev–Trinajstić information content (AvgIpc) is 2.80. The molecule has 0 fully saturated rings. The number of amides is 2. The summed E-state index contributed by atoms with van der Waals surface area (Å²) < 4.78 is 5.45. The lowest BCUT2D eigenvalue weighted by atomic mass is 10.1. The quantitative estimate of drug-likeness (QED) is 0.499. The van der Waals surface area contributed by atoms with Gasteiger partial charge in [0, 0.05) is 17.1 Å². The molecule has 0 radical (unpaired) electrons. The maximum absolute atomic E-state index is 12.9. The molecule has 6 heteroatoms. The molecular weight excluding hydrogens is 412 g/mol. The van der Waals surface area contributed by atoms with Gasteiger partial charge in [0.25, 0.3) is 11.8 Å². The summed E-state index contributed by atoms with van der Waals surface area (Å²) in [4.78, 5) is 25.6. The van der Waals surface area contributed by atoms with Crippen molar-refractivity contribution in [2.45, 2.75) is 13.5 Å². The van der Waals surface area contributed by atoms with Crippen LogP contribution < -0.4 is 15.4 Å². The minimum absolute atomic E-state index is 0.130. The van der Waals surface area contributed by atoms with E-state index in [1.54, 1.807) is 36.4 Å². The molecule has 5 nitrogen and oxygen atoms in total. The second-order valence-corrected chi connectivity index (χ2v) is 7.06. The van der Waals surface area contributed by atoms with Crippen LogP contribution in [0.3, 0.4) is 0 Å². The Morgan fingerprint density at radius 3 is 2.29 bits per heavy atom. The van der Waals surface area contributed by atoms with E-state index in [4.69, 9.17) is 16.3 Å². The first-order chi connectivity index (χ1) is 15.1. The normalized spacial score (nSPS) is 11.0. The highest BCUT2D eigenvalue weighted by Gasteiger charge is 2.15. The molecule has 0 bridgehead atoms. The van der Waals surface area contributed by atoms with E-state index < -0.39 is 5.91 Å². The Hall–Kier alpha value is -3.57. The summed E-state index contributed by atoms with van der Waals surface area (Å²) in [7, 11) is 0. The number of ether oxygens (including phenoxy) is 1. The van der Waals surface area contributed by atoms with Gasteiger partial charge in [0.1, 0.15) is 11.4 Å². The SMILES string of the molecule is CCOc1ccc(/C=C(/NC(=O)c2ccccc2)C(=O)NCc2ccccc2Cl)cc1. The Morgan fingerprint density at radius 2 is 1.61 bits per heavy atom. The number of carbonyl (C=O) groups is 2. The molecule has 0 unspecified atom stereocenters. The third kappa shape index (κ3) is 6.46. The molecule has 2 amide bonds. The molecule has 0 aliphatic carbocycles. The Labute approximate surface area is 186 Å². The number of nitrogens with one attached hydrogen (secondary N) is 2. The maximum atomic E-state index is 12.9. The van der Waals surface area contributed by atoms with Gasteiger partial charge in [-0.1, -0.05) is 60.1 Å². The third-order valence-corrected chi connectivity index (χ3v) is 4.80. The first-order valence-corrected chi connectivity index (χ1v) is 10.3. The molecule has 0 aliphatic rings. The van der Waals surface area contributed by atoms with Gasteiger partial charge < -0.3 is 15.4 Å². The number of carbonyl (C=O) groups excluding carboxylic acids is 2. The van der Waals surface area contributed by atoms with Gasteiger partial charge in [0.05, 0.1) is 6.61 Å². The number of hydrogen-bond donors (Lipinski definition) is 2. The molecule has 0 spiro atoms. The summed E-state index contributed by atoms with van der Waals surface area (Å²) >= 11 is 6.17. The Kier molecular flexibility index (Phi) is 7.85. The minimum Gasteiger partial charge on any atom is -0.494 e.